The van der Waals surface area contributed by atoms with E-state index in [1.165, 1.54) is 0 Å². The molecule has 4 amide bonds. The van der Waals surface area contributed by atoms with E-state index in [2.05, 4.69) is 0 Å². The molecule has 1 saturated heterocycles. The first kappa shape index (κ1) is 11.0. The van der Waals surface area contributed by atoms with Crippen LogP contribution in [0.3, 0.4) is 0 Å². The molecule has 2 N–H and O–H groups in total. The molecule has 0 aromatic heterocycles. The molecule has 1 aliphatic heterocycles. The summed E-state index contributed by atoms with van der Waals surface area (Å²) in [6.45, 7) is 0. The Morgan fingerprint density at radius 3 is 2.00 bits per heavy atom. The Kier molecular flexibility index (Phi) is 2.65. The molecule has 5 nitrogen and oxygen atoms in total. The number of imide groups is 2. The summed E-state index contributed by atoms with van der Waals surface area (Å²) in [4.78, 5) is 33.8. The van der Waals surface area contributed by atoms with Crippen LogP contribution in [0.25, 0.3) is 0 Å². The summed E-state index contributed by atoms with van der Waals surface area (Å²) in [5, 5.41) is 3.63. The molecule has 0 bridgehead atoms. The van der Waals surface area contributed by atoms with Crippen LogP contribution < -0.4 is 10.6 Å². The van der Waals surface area contributed by atoms with E-state index >= 15 is 0 Å². The molecule has 0 aromatic carbocycles. The van der Waals surface area contributed by atoms with Crippen LogP contribution in [0, 0.1) is 5.92 Å². The van der Waals surface area contributed by atoms with E-state index in [-0.39, 0.29) is 0 Å². The Morgan fingerprint density at radius 2 is 1.50 bits per heavy atom. The fraction of sp³-hybridized carbons (Fsp3) is 0.700. The zero-order valence-corrected chi connectivity index (χ0v) is 8.72. The van der Waals surface area contributed by atoms with Gasteiger partial charge in [0.05, 0.1) is 0 Å². The maximum absolute atomic E-state index is 14.4. The molecular formula is C10H13FN2O3. The van der Waals surface area contributed by atoms with Gasteiger partial charge in [-0.05, 0) is 12.8 Å². The second kappa shape index (κ2) is 3.84. The molecule has 2 rings (SSSR count). The van der Waals surface area contributed by atoms with Crippen LogP contribution in [-0.2, 0) is 9.59 Å². The van der Waals surface area contributed by atoms with Crippen molar-refractivity contribution >= 4 is 17.8 Å². The maximum atomic E-state index is 14.4. The average molecular weight is 228 g/mol. The predicted molar refractivity (Wildman–Crippen MR) is 52.1 cm³/mol. The Balaban J connectivity index is 2.23. The van der Waals surface area contributed by atoms with Gasteiger partial charge < -0.3 is 0 Å². The van der Waals surface area contributed by atoms with E-state index in [4.69, 9.17) is 0 Å². The molecule has 1 saturated carbocycles. The molecule has 0 atom stereocenters. The summed E-state index contributed by atoms with van der Waals surface area (Å²) >= 11 is 0. The lowest BCUT2D eigenvalue weighted by molar-refractivity contribution is -0.152. The fourth-order valence-corrected chi connectivity index (χ4v) is 2.39. The van der Waals surface area contributed by atoms with Crippen molar-refractivity contribution in [1.29, 1.82) is 0 Å². The van der Waals surface area contributed by atoms with Gasteiger partial charge in [-0.15, -0.1) is 0 Å². The first-order valence-corrected chi connectivity index (χ1v) is 5.41. The van der Waals surface area contributed by atoms with Gasteiger partial charge in [0.1, 0.15) is 0 Å². The molecule has 0 spiro atoms. The average Bonchev–Trinajstić information content (AvgIpc) is 2.27. The number of halogens is 1. The third kappa shape index (κ3) is 1.58. The molecule has 0 aromatic rings. The Bertz CT molecular complexity index is 330. The number of nitrogens with one attached hydrogen (secondary N) is 2. The number of hydrogen-bond acceptors (Lipinski definition) is 3. The highest BCUT2D eigenvalue weighted by Crippen LogP contribution is 2.36. The van der Waals surface area contributed by atoms with Gasteiger partial charge in [-0.2, -0.15) is 0 Å². The van der Waals surface area contributed by atoms with Crippen LogP contribution in [0.5, 0.6) is 0 Å². The number of urea groups is 1. The van der Waals surface area contributed by atoms with Crippen molar-refractivity contribution in [3.63, 3.8) is 0 Å². The lowest BCUT2D eigenvalue weighted by atomic mass is 9.76. The number of rotatable bonds is 1. The van der Waals surface area contributed by atoms with Gasteiger partial charge in [0.2, 0.25) is 0 Å². The first-order valence-electron chi connectivity index (χ1n) is 5.41. The number of hydrogen-bond donors (Lipinski definition) is 2. The van der Waals surface area contributed by atoms with Crippen molar-refractivity contribution < 1.29 is 18.8 Å². The quantitative estimate of drug-likeness (QED) is 0.647. The standard InChI is InChI=1S/C10H13FN2O3/c11-10(6-4-2-1-3-5-6)7(14)12-9(16)13-8(10)15/h6H,1-5H2,(H2,12,13,14,15,16). The van der Waals surface area contributed by atoms with Gasteiger partial charge in [-0.3, -0.25) is 20.2 Å². The Morgan fingerprint density at radius 1 is 1.00 bits per heavy atom. The summed E-state index contributed by atoms with van der Waals surface area (Å²) in [5.41, 5.74) is -2.58. The van der Waals surface area contributed by atoms with Crippen LogP contribution >= 0.6 is 0 Å². The number of amides is 4. The Labute approximate surface area is 91.8 Å². The lowest BCUT2D eigenvalue weighted by Crippen LogP contribution is -2.67. The summed E-state index contributed by atoms with van der Waals surface area (Å²) in [6, 6.07) is -0.945. The summed E-state index contributed by atoms with van der Waals surface area (Å²) in [5.74, 6) is -2.85. The minimum atomic E-state index is -2.58. The molecular weight excluding hydrogens is 215 g/mol. The topological polar surface area (TPSA) is 75.3 Å². The predicted octanol–water partition coefficient (Wildman–Crippen LogP) is 0.641. The van der Waals surface area contributed by atoms with Crippen LogP contribution in [0.1, 0.15) is 32.1 Å². The molecule has 1 heterocycles. The monoisotopic (exact) mass is 228 g/mol. The number of carbonyl (C=O) groups excluding carboxylic acids is 3. The highest BCUT2D eigenvalue weighted by atomic mass is 19.1. The molecule has 1 aliphatic carbocycles. The lowest BCUT2D eigenvalue weighted by Gasteiger charge is -2.35. The summed E-state index contributed by atoms with van der Waals surface area (Å²) in [7, 11) is 0. The molecule has 0 radical (unpaired) electrons. The SMILES string of the molecule is O=C1NC(=O)C(F)(C2CCCCC2)C(=O)N1. The maximum Gasteiger partial charge on any atom is 0.328 e. The molecule has 2 fully saturated rings. The summed E-state index contributed by atoms with van der Waals surface area (Å²) < 4.78 is 14.4. The van der Waals surface area contributed by atoms with Crippen LogP contribution in [0.15, 0.2) is 0 Å². The number of alkyl halides is 1. The van der Waals surface area contributed by atoms with Crippen LogP contribution in [0.2, 0.25) is 0 Å². The van der Waals surface area contributed by atoms with E-state index in [0.29, 0.717) is 12.8 Å². The zero-order chi connectivity index (χ0) is 11.8. The molecule has 88 valence electrons. The van der Waals surface area contributed by atoms with Crippen LogP contribution in [0.4, 0.5) is 9.18 Å². The van der Waals surface area contributed by atoms with E-state index in [1.807, 2.05) is 10.6 Å². The van der Waals surface area contributed by atoms with Gasteiger partial charge >= 0.3 is 6.03 Å². The largest absolute Gasteiger partial charge is 0.328 e. The van der Waals surface area contributed by atoms with E-state index in [9.17, 15) is 18.8 Å². The Hall–Kier alpha value is -1.46. The highest BCUT2D eigenvalue weighted by Gasteiger charge is 2.56. The second-order valence-corrected chi connectivity index (χ2v) is 4.28. The molecule has 16 heavy (non-hydrogen) atoms. The molecule has 0 unspecified atom stereocenters. The summed E-state index contributed by atoms with van der Waals surface area (Å²) in [6.07, 6.45) is 3.63. The smallest absolute Gasteiger partial charge is 0.274 e. The first-order chi connectivity index (χ1) is 7.55. The van der Waals surface area contributed by atoms with Crippen molar-refractivity contribution in [1.82, 2.24) is 10.6 Å². The van der Waals surface area contributed by atoms with Crippen molar-refractivity contribution in [2.45, 2.75) is 37.8 Å². The third-order valence-electron chi connectivity index (χ3n) is 3.28. The molecule has 6 heteroatoms. The van der Waals surface area contributed by atoms with Crippen molar-refractivity contribution in [2.75, 3.05) is 0 Å². The van der Waals surface area contributed by atoms with Crippen LogP contribution in [-0.4, -0.2) is 23.5 Å². The minimum Gasteiger partial charge on any atom is -0.274 e. The van der Waals surface area contributed by atoms with E-state index in [1.54, 1.807) is 0 Å². The van der Waals surface area contributed by atoms with Gasteiger partial charge in [-0.25, -0.2) is 9.18 Å². The molecule has 2 aliphatic rings. The second-order valence-electron chi connectivity index (χ2n) is 4.28. The van der Waals surface area contributed by atoms with Gasteiger partial charge in [0.15, 0.2) is 0 Å². The van der Waals surface area contributed by atoms with Gasteiger partial charge in [-0.1, -0.05) is 19.3 Å². The van der Waals surface area contributed by atoms with Crippen molar-refractivity contribution in [2.24, 2.45) is 5.92 Å². The van der Waals surface area contributed by atoms with E-state index < -0.39 is 29.4 Å². The fourth-order valence-electron chi connectivity index (χ4n) is 2.39. The van der Waals surface area contributed by atoms with Crippen molar-refractivity contribution in [3.05, 3.63) is 0 Å². The third-order valence-corrected chi connectivity index (χ3v) is 3.28. The van der Waals surface area contributed by atoms with Gasteiger partial charge in [0, 0.05) is 5.92 Å². The number of barbiturate groups is 1. The van der Waals surface area contributed by atoms with Gasteiger partial charge in [0.25, 0.3) is 17.5 Å². The number of carbonyl (C=O) groups is 3. The van der Waals surface area contributed by atoms with Crippen molar-refractivity contribution in [3.8, 4) is 0 Å². The minimum absolute atomic E-state index is 0.505. The van der Waals surface area contributed by atoms with E-state index in [0.717, 1.165) is 19.3 Å². The highest BCUT2D eigenvalue weighted by molar-refractivity contribution is 6.21. The zero-order valence-electron chi connectivity index (χ0n) is 8.72. The normalized spacial score (nSPS) is 26.2.